The van der Waals surface area contributed by atoms with E-state index < -0.39 is 0 Å². The smallest absolute Gasteiger partial charge is 1.00 e. The van der Waals surface area contributed by atoms with Crippen LogP contribution in [0.5, 0.6) is 0 Å². The Balaban J connectivity index is -0.000000240. The SMILES string of the molecule is CC/C=C\CCCCCCCCCl.[H-].[H-].[Mg+2]. The summed E-state index contributed by atoms with van der Waals surface area (Å²) in [5, 5.41) is 0. The summed E-state index contributed by atoms with van der Waals surface area (Å²) in [5.41, 5.74) is 0. The minimum atomic E-state index is 0. The van der Waals surface area contributed by atoms with E-state index in [0.29, 0.717) is 0 Å². The summed E-state index contributed by atoms with van der Waals surface area (Å²) in [6.07, 6.45) is 15.0. The molecule has 0 radical (unpaired) electrons. The minimum Gasteiger partial charge on any atom is -1.00 e. The van der Waals surface area contributed by atoms with Crippen molar-refractivity contribution < 1.29 is 2.85 Å². The van der Waals surface area contributed by atoms with Crippen LogP contribution in [-0.4, -0.2) is 28.9 Å². The molecule has 0 aromatic rings. The molecule has 0 aliphatic rings. The van der Waals surface area contributed by atoms with Crippen LogP contribution >= 0.6 is 11.6 Å². The zero-order valence-corrected chi connectivity index (χ0v) is 11.8. The Morgan fingerprint density at radius 2 is 1.50 bits per heavy atom. The van der Waals surface area contributed by atoms with Gasteiger partial charge in [-0.3, -0.25) is 0 Å². The Morgan fingerprint density at radius 3 is 2.07 bits per heavy atom. The Labute approximate surface area is 114 Å². The number of halogens is 1. The van der Waals surface area contributed by atoms with Crippen LogP contribution < -0.4 is 0 Å². The maximum absolute atomic E-state index is 5.59. The topological polar surface area (TPSA) is 0 Å². The fourth-order valence-corrected chi connectivity index (χ4v) is 1.54. The second-order valence-electron chi connectivity index (χ2n) is 3.48. The summed E-state index contributed by atoms with van der Waals surface area (Å²) in [7, 11) is 0. The third-order valence-electron chi connectivity index (χ3n) is 2.16. The molecule has 0 fully saturated rings. The number of hydrogen-bond acceptors (Lipinski definition) is 0. The van der Waals surface area contributed by atoms with Crippen molar-refractivity contribution in [1.29, 1.82) is 0 Å². The van der Waals surface area contributed by atoms with Gasteiger partial charge in [0.15, 0.2) is 0 Å². The van der Waals surface area contributed by atoms with Crippen LogP contribution in [0.2, 0.25) is 0 Å². The van der Waals surface area contributed by atoms with Gasteiger partial charge >= 0.3 is 23.1 Å². The first-order valence-corrected chi connectivity index (χ1v) is 6.16. The molecule has 82 valence electrons. The third-order valence-corrected chi connectivity index (χ3v) is 2.42. The molecule has 0 saturated carbocycles. The summed E-state index contributed by atoms with van der Waals surface area (Å²) in [6, 6.07) is 0. The summed E-state index contributed by atoms with van der Waals surface area (Å²) >= 11 is 5.59. The molecule has 0 aliphatic carbocycles. The van der Waals surface area contributed by atoms with E-state index >= 15 is 0 Å². The summed E-state index contributed by atoms with van der Waals surface area (Å²) < 4.78 is 0. The van der Waals surface area contributed by atoms with Crippen molar-refractivity contribution in [2.45, 2.75) is 58.3 Å². The van der Waals surface area contributed by atoms with Crippen molar-refractivity contribution in [2.24, 2.45) is 0 Å². The number of allylic oxidation sites excluding steroid dienone is 2. The van der Waals surface area contributed by atoms with Crippen LogP contribution in [0.15, 0.2) is 12.2 Å². The van der Waals surface area contributed by atoms with E-state index in [1.807, 2.05) is 0 Å². The van der Waals surface area contributed by atoms with Gasteiger partial charge in [-0.05, 0) is 25.7 Å². The van der Waals surface area contributed by atoms with Gasteiger partial charge in [-0.2, -0.15) is 0 Å². The minimum absolute atomic E-state index is 0. The first-order valence-electron chi connectivity index (χ1n) is 5.62. The fraction of sp³-hybridized carbons (Fsp3) is 0.833. The average molecular weight is 229 g/mol. The van der Waals surface area contributed by atoms with Gasteiger partial charge < -0.3 is 2.85 Å². The molecule has 0 atom stereocenters. The summed E-state index contributed by atoms with van der Waals surface area (Å²) in [6.45, 7) is 2.18. The molecule has 0 aromatic heterocycles. The predicted molar refractivity (Wildman–Crippen MR) is 70.4 cm³/mol. The molecule has 2 heteroatoms. The van der Waals surface area contributed by atoms with Gasteiger partial charge in [-0.25, -0.2) is 0 Å². The van der Waals surface area contributed by atoms with E-state index in [1.54, 1.807) is 0 Å². The molecule has 0 aliphatic heterocycles. The average Bonchev–Trinajstić information content (AvgIpc) is 2.16. The van der Waals surface area contributed by atoms with E-state index in [-0.39, 0.29) is 25.9 Å². The van der Waals surface area contributed by atoms with Gasteiger partial charge in [0, 0.05) is 5.88 Å². The molecule has 0 amide bonds. The number of alkyl halides is 1. The van der Waals surface area contributed by atoms with Crippen molar-refractivity contribution >= 4 is 34.7 Å². The number of rotatable bonds is 9. The van der Waals surface area contributed by atoms with Gasteiger partial charge in [-0.15, -0.1) is 11.6 Å². The maximum Gasteiger partial charge on any atom is 2.00 e. The van der Waals surface area contributed by atoms with Crippen molar-refractivity contribution in [3.63, 3.8) is 0 Å². The van der Waals surface area contributed by atoms with Gasteiger partial charge in [0.25, 0.3) is 0 Å². The van der Waals surface area contributed by atoms with E-state index in [0.717, 1.165) is 5.88 Å². The molecule has 0 unspecified atom stereocenters. The molecule has 0 aromatic carbocycles. The molecule has 0 N–H and O–H groups in total. The number of unbranched alkanes of at least 4 members (excludes halogenated alkanes) is 6. The van der Waals surface area contributed by atoms with E-state index in [4.69, 9.17) is 11.6 Å². The van der Waals surface area contributed by atoms with Gasteiger partial charge in [0.2, 0.25) is 0 Å². The molecular weight excluding hydrogens is 204 g/mol. The molecule has 0 bridgehead atoms. The van der Waals surface area contributed by atoms with Gasteiger partial charge in [-0.1, -0.05) is 44.8 Å². The standard InChI is InChI=1S/C12H23Cl.Mg.2H/c1-2-3-4-5-6-7-8-9-10-11-12-13;;;/h3-4H,2,5-12H2,1H3;;;/q;+2;2*-1/b4-3-;;;. The van der Waals surface area contributed by atoms with Crippen LogP contribution in [0.3, 0.4) is 0 Å². The van der Waals surface area contributed by atoms with E-state index in [1.165, 1.54) is 51.4 Å². The largest absolute Gasteiger partial charge is 2.00 e. The van der Waals surface area contributed by atoms with Crippen LogP contribution in [0.1, 0.15) is 61.1 Å². The van der Waals surface area contributed by atoms with Crippen LogP contribution in [0.25, 0.3) is 0 Å². The Morgan fingerprint density at radius 1 is 0.929 bits per heavy atom. The second kappa shape index (κ2) is 16.2. The Kier molecular flexibility index (Phi) is 19.9. The molecule has 0 rings (SSSR count). The monoisotopic (exact) mass is 228 g/mol. The van der Waals surface area contributed by atoms with Gasteiger partial charge in [0.05, 0.1) is 0 Å². The van der Waals surface area contributed by atoms with Gasteiger partial charge in [0.1, 0.15) is 0 Å². The molecular formula is C12H25ClMg. The number of hydrogen-bond donors (Lipinski definition) is 0. The normalized spacial score (nSPS) is 10.4. The Bertz CT molecular complexity index is 122. The maximum atomic E-state index is 5.59. The molecule has 0 saturated heterocycles. The second-order valence-corrected chi connectivity index (χ2v) is 3.86. The molecule has 0 spiro atoms. The first-order chi connectivity index (χ1) is 6.41. The summed E-state index contributed by atoms with van der Waals surface area (Å²) in [5.74, 6) is 0.833. The zero-order valence-electron chi connectivity index (χ0n) is 11.6. The summed E-state index contributed by atoms with van der Waals surface area (Å²) in [4.78, 5) is 0. The van der Waals surface area contributed by atoms with Crippen LogP contribution in [-0.2, 0) is 0 Å². The quantitative estimate of drug-likeness (QED) is 0.231. The van der Waals surface area contributed by atoms with Crippen molar-refractivity contribution in [1.82, 2.24) is 0 Å². The third kappa shape index (κ3) is 15.3. The van der Waals surface area contributed by atoms with E-state index in [9.17, 15) is 0 Å². The van der Waals surface area contributed by atoms with Crippen LogP contribution in [0.4, 0.5) is 0 Å². The molecule has 0 heterocycles. The van der Waals surface area contributed by atoms with Crippen molar-refractivity contribution in [3.05, 3.63) is 12.2 Å². The van der Waals surface area contributed by atoms with E-state index in [2.05, 4.69) is 19.1 Å². The Hall–Kier alpha value is 0.796. The van der Waals surface area contributed by atoms with Crippen molar-refractivity contribution in [2.75, 3.05) is 5.88 Å². The predicted octanol–water partition coefficient (Wildman–Crippen LogP) is 4.77. The first kappa shape index (κ1) is 17.2. The fourth-order valence-electron chi connectivity index (χ4n) is 1.35. The molecule has 14 heavy (non-hydrogen) atoms. The van der Waals surface area contributed by atoms with Crippen molar-refractivity contribution in [3.8, 4) is 0 Å². The van der Waals surface area contributed by atoms with Crippen LogP contribution in [0, 0.1) is 0 Å². The molecule has 0 nitrogen and oxygen atoms in total. The zero-order chi connectivity index (χ0) is 9.78.